The molecule has 0 saturated heterocycles. The van der Waals surface area contributed by atoms with Crippen LogP contribution in [0.4, 0.5) is 5.69 Å². The number of nitrogens with zero attached hydrogens (tertiary/aromatic N) is 1. The molecule has 0 aliphatic rings. The van der Waals surface area contributed by atoms with Crippen molar-refractivity contribution in [2.45, 2.75) is 6.61 Å². The molecule has 1 aromatic carbocycles. The highest BCUT2D eigenvalue weighted by Gasteiger charge is 2.20. The van der Waals surface area contributed by atoms with Crippen molar-refractivity contribution in [1.29, 1.82) is 0 Å². The molecule has 0 unspecified atom stereocenters. The molecule has 1 heterocycles. The number of rotatable bonds is 3. The van der Waals surface area contributed by atoms with E-state index in [1.807, 2.05) is 30.3 Å². The Bertz CT molecular complexity index is 648. The van der Waals surface area contributed by atoms with Crippen molar-refractivity contribution >= 4 is 46.5 Å². The first-order chi connectivity index (χ1) is 9.50. The second kappa shape index (κ2) is 6.31. The largest absolute Gasteiger partial charge is 0.456 e. The summed E-state index contributed by atoms with van der Waals surface area (Å²) < 4.78 is 5.10. The molecule has 0 amide bonds. The molecule has 0 radical (unpaired) electrons. The highest BCUT2D eigenvalue weighted by molar-refractivity contribution is 6.46. The number of aromatic nitrogens is 1. The second-order valence-electron chi connectivity index (χ2n) is 3.85. The minimum absolute atomic E-state index is 0.00000514. The number of ether oxygens (including phenoxy) is 1. The van der Waals surface area contributed by atoms with Crippen molar-refractivity contribution < 1.29 is 9.53 Å². The standard InChI is InChI=1S/C13H9Cl3N2O2/c14-8-10(17)9(15)12(16)18-11(8)13(19)20-6-7-4-2-1-3-5-7/h1-5H,6H2,(H2,17,18). The number of hydrogen-bond acceptors (Lipinski definition) is 4. The lowest BCUT2D eigenvalue weighted by Crippen LogP contribution is -2.10. The predicted molar refractivity (Wildman–Crippen MR) is 79.2 cm³/mol. The Balaban J connectivity index is 2.18. The molecular formula is C13H9Cl3N2O2. The Hall–Kier alpha value is -1.49. The van der Waals surface area contributed by atoms with Crippen LogP contribution in [0.1, 0.15) is 16.1 Å². The summed E-state index contributed by atoms with van der Waals surface area (Å²) in [5, 5.41) is -0.158. The number of anilines is 1. The van der Waals surface area contributed by atoms with Gasteiger partial charge in [-0.1, -0.05) is 65.1 Å². The third kappa shape index (κ3) is 3.15. The molecular weight excluding hydrogens is 323 g/mol. The first-order valence-electron chi connectivity index (χ1n) is 5.51. The maximum Gasteiger partial charge on any atom is 0.358 e. The van der Waals surface area contributed by atoms with E-state index in [-0.39, 0.29) is 33.2 Å². The van der Waals surface area contributed by atoms with Crippen LogP contribution in [0.25, 0.3) is 0 Å². The molecule has 20 heavy (non-hydrogen) atoms. The molecule has 7 heteroatoms. The molecule has 0 aliphatic carbocycles. The van der Waals surface area contributed by atoms with E-state index in [0.29, 0.717) is 0 Å². The van der Waals surface area contributed by atoms with Crippen LogP contribution in [0.2, 0.25) is 15.2 Å². The number of benzene rings is 1. The fraction of sp³-hybridized carbons (Fsp3) is 0.0769. The van der Waals surface area contributed by atoms with Crippen molar-refractivity contribution in [3.63, 3.8) is 0 Å². The number of halogens is 3. The van der Waals surface area contributed by atoms with Gasteiger partial charge < -0.3 is 10.5 Å². The molecule has 104 valence electrons. The van der Waals surface area contributed by atoms with Crippen molar-refractivity contribution in [1.82, 2.24) is 4.98 Å². The monoisotopic (exact) mass is 330 g/mol. The van der Waals surface area contributed by atoms with Gasteiger partial charge in [0.1, 0.15) is 11.6 Å². The van der Waals surface area contributed by atoms with E-state index in [0.717, 1.165) is 5.56 Å². The van der Waals surface area contributed by atoms with Crippen molar-refractivity contribution in [3.05, 3.63) is 56.8 Å². The zero-order valence-corrected chi connectivity index (χ0v) is 12.3. The number of carbonyl (C=O) groups excluding carboxylic acids is 1. The summed E-state index contributed by atoms with van der Waals surface area (Å²) in [7, 11) is 0. The van der Waals surface area contributed by atoms with E-state index >= 15 is 0 Å². The Morgan fingerprint density at radius 1 is 1.15 bits per heavy atom. The fourth-order valence-electron chi connectivity index (χ4n) is 1.46. The molecule has 0 bridgehead atoms. The molecule has 2 N–H and O–H groups in total. The summed E-state index contributed by atoms with van der Waals surface area (Å²) in [6, 6.07) is 9.19. The molecule has 0 atom stereocenters. The SMILES string of the molecule is Nc1c(Cl)c(Cl)nc(C(=O)OCc2ccccc2)c1Cl. The van der Waals surface area contributed by atoms with Gasteiger partial charge in [-0.05, 0) is 5.56 Å². The molecule has 1 aromatic heterocycles. The molecule has 4 nitrogen and oxygen atoms in total. The van der Waals surface area contributed by atoms with Gasteiger partial charge in [-0.2, -0.15) is 0 Å². The van der Waals surface area contributed by atoms with Gasteiger partial charge in [0, 0.05) is 0 Å². The molecule has 0 fully saturated rings. The quantitative estimate of drug-likeness (QED) is 0.682. The molecule has 2 aromatic rings. The molecule has 0 saturated carbocycles. The average Bonchev–Trinajstić information content (AvgIpc) is 2.47. The lowest BCUT2D eigenvalue weighted by Gasteiger charge is -2.09. The number of pyridine rings is 1. The number of hydrogen-bond donors (Lipinski definition) is 1. The summed E-state index contributed by atoms with van der Waals surface area (Å²) >= 11 is 17.5. The lowest BCUT2D eigenvalue weighted by molar-refractivity contribution is 0.0466. The maximum atomic E-state index is 11.9. The highest BCUT2D eigenvalue weighted by atomic mass is 35.5. The molecule has 0 aliphatic heterocycles. The minimum Gasteiger partial charge on any atom is -0.456 e. The minimum atomic E-state index is -0.718. The average molecular weight is 332 g/mol. The Kier molecular flexibility index (Phi) is 4.70. The zero-order valence-electron chi connectivity index (χ0n) is 10.1. The number of nitrogens with two attached hydrogens (primary N) is 1. The number of carbonyl (C=O) groups is 1. The van der Waals surface area contributed by atoms with Crippen LogP contribution in [0.15, 0.2) is 30.3 Å². The molecule has 0 spiro atoms. The van der Waals surface area contributed by atoms with Crippen molar-refractivity contribution in [2.75, 3.05) is 5.73 Å². The number of nitrogen functional groups attached to an aromatic ring is 1. The van der Waals surface area contributed by atoms with Crippen molar-refractivity contribution in [2.24, 2.45) is 0 Å². The number of esters is 1. The van der Waals surface area contributed by atoms with E-state index in [1.54, 1.807) is 0 Å². The third-order valence-corrected chi connectivity index (χ3v) is 3.61. The van der Waals surface area contributed by atoms with E-state index in [1.165, 1.54) is 0 Å². The van der Waals surface area contributed by atoms with Gasteiger partial charge in [0.05, 0.1) is 10.7 Å². The summed E-state index contributed by atoms with van der Waals surface area (Å²) in [6.45, 7) is 0.0951. The van der Waals surface area contributed by atoms with Crippen molar-refractivity contribution in [3.8, 4) is 0 Å². The van der Waals surface area contributed by atoms with Crippen LogP contribution >= 0.6 is 34.8 Å². The van der Waals surface area contributed by atoms with Gasteiger partial charge in [0.15, 0.2) is 10.8 Å². The van der Waals surface area contributed by atoms with Crippen LogP contribution in [0, 0.1) is 0 Å². The van der Waals surface area contributed by atoms with Crippen LogP contribution in [-0.4, -0.2) is 11.0 Å². The van der Waals surface area contributed by atoms with Gasteiger partial charge in [-0.15, -0.1) is 0 Å². The highest BCUT2D eigenvalue weighted by Crippen LogP contribution is 2.34. The smallest absolute Gasteiger partial charge is 0.358 e. The normalized spacial score (nSPS) is 10.3. The van der Waals surface area contributed by atoms with Gasteiger partial charge in [0.25, 0.3) is 0 Å². The predicted octanol–water partition coefficient (Wildman–Crippen LogP) is 3.98. The lowest BCUT2D eigenvalue weighted by atomic mass is 10.2. The Labute approximate surface area is 130 Å². The van der Waals surface area contributed by atoms with Crippen LogP contribution in [0.5, 0.6) is 0 Å². The van der Waals surface area contributed by atoms with Gasteiger partial charge >= 0.3 is 5.97 Å². The van der Waals surface area contributed by atoms with Gasteiger partial charge in [-0.3, -0.25) is 0 Å². The maximum absolute atomic E-state index is 11.9. The van der Waals surface area contributed by atoms with Crippen LogP contribution in [-0.2, 0) is 11.3 Å². The Morgan fingerprint density at radius 2 is 1.80 bits per heavy atom. The van der Waals surface area contributed by atoms with E-state index < -0.39 is 5.97 Å². The van der Waals surface area contributed by atoms with Gasteiger partial charge in [0.2, 0.25) is 0 Å². The van der Waals surface area contributed by atoms with E-state index in [4.69, 9.17) is 45.3 Å². The Morgan fingerprint density at radius 3 is 2.45 bits per heavy atom. The zero-order chi connectivity index (χ0) is 14.7. The first kappa shape index (κ1) is 14.9. The fourth-order valence-corrected chi connectivity index (χ4v) is 2.04. The summed E-state index contributed by atoms with van der Waals surface area (Å²) in [4.78, 5) is 15.7. The summed E-state index contributed by atoms with van der Waals surface area (Å²) in [5.41, 5.74) is 6.31. The first-order valence-corrected chi connectivity index (χ1v) is 6.65. The van der Waals surface area contributed by atoms with Gasteiger partial charge in [-0.25, -0.2) is 9.78 Å². The summed E-state index contributed by atoms with van der Waals surface area (Å²) in [5.74, 6) is -0.718. The van der Waals surface area contributed by atoms with Crippen LogP contribution in [0.3, 0.4) is 0 Å². The second-order valence-corrected chi connectivity index (χ2v) is 4.97. The van der Waals surface area contributed by atoms with Crippen LogP contribution < -0.4 is 5.73 Å². The van der Waals surface area contributed by atoms with E-state index in [9.17, 15) is 4.79 Å². The molecule has 2 rings (SSSR count). The third-order valence-electron chi connectivity index (χ3n) is 2.48. The summed E-state index contributed by atoms with van der Waals surface area (Å²) in [6.07, 6.45) is 0. The topological polar surface area (TPSA) is 65.2 Å². The van der Waals surface area contributed by atoms with E-state index in [2.05, 4.69) is 4.98 Å².